The van der Waals surface area contributed by atoms with Crippen LogP contribution in [0, 0.1) is 0 Å². The fourth-order valence-corrected chi connectivity index (χ4v) is 1.80. The van der Waals surface area contributed by atoms with Crippen molar-refractivity contribution in [2.24, 2.45) is 0 Å². The number of aryl methyl sites for hydroxylation is 1. The van der Waals surface area contributed by atoms with Crippen LogP contribution < -0.4 is 5.32 Å². The van der Waals surface area contributed by atoms with Gasteiger partial charge in [-0.3, -0.25) is 0 Å². The number of methoxy groups -OCH3 is 1. The van der Waals surface area contributed by atoms with Crippen molar-refractivity contribution >= 4 is 15.9 Å². The zero-order valence-corrected chi connectivity index (χ0v) is 11.4. The average molecular weight is 286 g/mol. The lowest BCUT2D eigenvalue weighted by molar-refractivity contribution is 0.194. The van der Waals surface area contributed by atoms with Crippen molar-refractivity contribution in [1.82, 2.24) is 5.32 Å². The summed E-state index contributed by atoms with van der Waals surface area (Å²) in [6, 6.07) is 8.55. The van der Waals surface area contributed by atoms with Gasteiger partial charge in [0.15, 0.2) is 0 Å². The normalized spacial score (nSPS) is 10.6. The second-order valence-corrected chi connectivity index (χ2v) is 4.74. The van der Waals surface area contributed by atoms with E-state index in [0.717, 1.165) is 37.0 Å². The zero-order valence-electron chi connectivity index (χ0n) is 9.84. The summed E-state index contributed by atoms with van der Waals surface area (Å²) in [5, 5.41) is 3.41. The van der Waals surface area contributed by atoms with Crippen LogP contribution in [0.5, 0.6) is 0 Å². The fourth-order valence-electron chi connectivity index (χ4n) is 1.54. The van der Waals surface area contributed by atoms with E-state index in [1.54, 1.807) is 7.11 Å². The first kappa shape index (κ1) is 13.7. The van der Waals surface area contributed by atoms with E-state index in [1.165, 1.54) is 12.0 Å². The van der Waals surface area contributed by atoms with Crippen LogP contribution in [-0.2, 0) is 11.2 Å². The van der Waals surface area contributed by atoms with Gasteiger partial charge in [-0.25, -0.2) is 0 Å². The summed E-state index contributed by atoms with van der Waals surface area (Å²) in [6.45, 7) is 2.98. The topological polar surface area (TPSA) is 21.3 Å². The van der Waals surface area contributed by atoms with Gasteiger partial charge in [-0.15, -0.1) is 0 Å². The molecule has 0 aliphatic heterocycles. The molecule has 0 saturated carbocycles. The maximum atomic E-state index is 4.98. The van der Waals surface area contributed by atoms with Crippen molar-refractivity contribution < 1.29 is 4.74 Å². The van der Waals surface area contributed by atoms with E-state index >= 15 is 0 Å². The maximum absolute atomic E-state index is 4.98. The van der Waals surface area contributed by atoms with Crippen LogP contribution in [0.15, 0.2) is 28.7 Å². The van der Waals surface area contributed by atoms with E-state index in [0.29, 0.717) is 0 Å². The van der Waals surface area contributed by atoms with Crippen LogP contribution in [0.2, 0.25) is 0 Å². The second-order valence-electron chi connectivity index (χ2n) is 3.83. The van der Waals surface area contributed by atoms with E-state index in [4.69, 9.17) is 4.74 Å². The number of rotatable bonds is 8. The number of benzene rings is 1. The summed E-state index contributed by atoms with van der Waals surface area (Å²) in [5.41, 5.74) is 1.40. The molecule has 3 heteroatoms. The first-order valence-corrected chi connectivity index (χ1v) is 6.56. The molecule has 0 fully saturated rings. The molecule has 2 nitrogen and oxygen atoms in total. The molecule has 0 aromatic heterocycles. The molecule has 0 heterocycles. The molecule has 0 saturated heterocycles. The Hall–Kier alpha value is -0.380. The van der Waals surface area contributed by atoms with Gasteiger partial charge in [0, 0.05) is 18.2 Å². The summed E-state index contributed by atoms with van der Waals surface area (Å²) in [6.07, 6.45) is 3.42. The minimum absolute atomic E-state index is 0.847. The standard InChI is InChI=1S/C13H20BrNO/c1-16-11-3-10-15-9-2-4-12-5-7-13(14)8-6-12/h5-8,15H,2-4,9-11H2,1H3. The number of halogens is 1. The molecule has 0 unspecified atom stereocenters. The van der Waals surface area contributed by atoms with E-state index in [9.17, 15) is 0 Å². The lowest BCUT2D eigenvalue weighted by Gasteiger charge is -2.04. The Kier molecular flexibility index (Phi) is 7.47. The number of hydrogen-bond donors (Lipinski definition) is 1. The van der Waals surface area contributed by atoms with E-state index in [1.807, 2.05) is 0 Å². The molecule has 16 heavy (non-hydrogen) atoms. The summed E-state index contributed by atoms with van der Waals surface area (Å²) in [4.78, 5) is 0. The van der Waals surface area contributed by atoms with E-state index < -0.39 is 0 Å². The SMILES string of the molecule is COCCCNCCCc1ccc(Br)cc1. The van der Waals surface area contributed by atoms with Gasteiger partial charge < -0.3 is 10.1 Å². The molecule has 1 rings (SSSR count). The van der Waals surface area contributed by atoms with Crippen LogP contribution in [0.4, 0.5) is 0 Å². The maximum Gasteiger partial charge on any atom is 0.0474 e. The molecule has 1 N–H and O–H groups in total. The molecule has 90 valence electrons. The number of nitrogens with one attached hydrogen (secondary N) is 1. The molecule has 0 radical (unpaired) electrons. The summed E-state index contributed by atoms with van der Waals surface area (Å²) < 4.78 is 6.13. The van der Waals surface area contributed by atoms with Gasteiger partial charge >= 0.3 is 0 Å². The minimum Gasteiger partial charge on any atom is -0.385 e. The predicted octanol–water partition coefficient (Wildman–Crippen LogP) is 3.01. The van der Waals surface area contributed by atoms with Gasteiger partial charge in [-0.05, 0) is 50.0 Å². The molecule has 0 atom stereocenters. The Labute approximate surface area is 107 Å². The highest BCUT2D eigenvalue weighted by Gasteiger charge is 1.93. The zero-order chi connectivity index (χ0) is 11.6. The summed E-state index contributed by atoms with van der Waals surface area (Å²) >= 11 is 3.44. The monoisotopic (exact) mass is 285 g/mol. The summed E-state index contributed by atoms with van der Waals surface area (Å²) in [7, 11) is 1.74. The molecule has 0 spiro atoms. The highest BCUT2D eigenvalue weighted by molar-refractivity contribution is 9.10. The predicted molar refractivity (Wildman–Crippen MR) is 71.8 cm³/mol. The van der Waals surface area contributed by atoms with Gasteiger partial charge in [-0.1, -0.05) is 28.1 Å². The quantitative estimate of drug-likeness (QED) is 0.742. The van der Waals surface area contributed by atoms with Gasteiger partial charge in [-0.2, -0.15) is 0 Å². The van der Waals surface area contributed by atoms with Crippen molar-refractivity contribution in [3.8, 4) is 0 Å². The van der Waals surface area contributed by atoms with Crippen molar-refractivity contribution in [2.45, 2.75) is 19.3 Å². The van der Waals surface area contributed by atoms with Crippen LogP contribution in [-0.4, -0.2) is 26.8 Å². The molecule has 1 aromatic rings. The van der Waals surface area contributed by atoms with Crippen molar-refractivity contribution in [1.29, 1.82) is 0 Å². The van der Waals surface area contributed by atoms with E-state index in [2.05, 4.69) is 45.5 Å². The number of hydrogen-bond acceptors (Lipinski definition) is 2. The van der Waals surface area contributed by atoms with Crippen LogP contribution >= 0.6 is 15.9 Å². The molecule has 0 aliphatic carbocycles. The van der Waals surface area contributed by atoms with Gasteiger partial charge in [0.25, 0.3) is 0 Å². The number of ether oxygens (including phenoxy) is 1. The first-order chi connectivity index (χ1) is 7.83. The Morgan fingerprint density at radius 1 is 1.12 bits per heavy atom. The Morgan fingerprint density at radius 2 is 1.81 bits per heavy atom. The van der Waals surface area contributed by atoms with Crippen molar-refractivity contribution in [3.05, 3.63) is 34.3 Å². The molecular weight excluding hydrogens is 266 g/mol. The third-order valence-electron chi connectivity index (χ3n) is 2.43. The molecular formula is C13H20BrNO. The van der Waals surface area contributed by atoms with Crippen molar-refractivity contribution in [2.75, 3.05) is 26.8 Å². The third kappa shape index (κ3) is 6.26. The molecule has 0 amide bonds. The lowest BCUT2D eigenvalue weighted by Crippen LogP contribution is -2.18. The fraction of sp³-hybridized carbons (Fsp3) is 0.538. The summed E-state index contributed by atoms with van der Waals surface area (Å²) in [5.74, 6) is 0. The Morgan fingerprint density at radius 3 is 2.50 bits per heavy atom. The van der Waals surface area contributed by atoms with Crippen LogP contribution in [0.25, 0.3) is 0 Å². The largest absolute Gasteiger partial charge is 0.385 e. The third-order valence-corrected chi connectivity index (χ3v) is 2.96. The smallest absolute Gasteiger partial charge is 0.0474 e. The highest BCUT2D eigenvalue weighted by Crippen LogP contribution is 2.11. The van der Waals surface area contributed by atoms with E-state index in [-0.39, 0.29) is 0 Å². The molecule has 0 bridgehead atoms. The average Bonchev–Trinajstić information content (AvgIpc) is 2.30. The van der Waals surface area contributed by atoms with Gasteiger partial charge in [0.05, 0.1) is 0 Å². The molecule has 0 aliphatic rings. The Balaban J connectivity index is 2.01. The molecule has 1 aromatic carbocycles. The first-order valence-electron chi connectivity index (χ1n) is 5.77. The van der Waals surface area contributed by atoms with Crippen LogP contribution in [0.1, 0.15) is 18.4 Å². The van der Waals surface area contributed by atoms with Gasteiger partial charge in [0.2, 0.25) is 0 Å². The second kappa shape index (κ2) is 8.74. The minimum atomic E-state index is 0.847. The lowest BCUT2D eigenvalue weighted by atomic mass is 10.1. The van der Waals surface area contributed by atoms with Crippen molar-refractivity contribution in [3.63, 3.8) is 0 Å². The highest BCUT2D eigenvalue weighted by atomic mass is 79.9. The van der Waals surface area contributed by atoms with Crippen LogP contribution in [0.3, 0.4) is 0 Å². The Bertz CT molecular complexity index is 274. The van der Waals surface area contributed by atoms with Gasteiger partial charge in [0.1, 0.15) is 0 Å².